The maximum absolute atomic E-state index is 11.9. The van der Waals surface area contributed by atoms with Gasteiger partial charge in [-0.1, -0.05) is 31.0 Å². The Morgan fingerprint density at radius 3 is 2.50 bits per heavy atom. The summed E-state index contributed by atoms with van der Waals surface area (Å²) in [5.74, 6) is 1.85. The van der Waals surface area contributed by atoms with Gasteiger partial charge in [0.25, 0.3) is 5.91 Å². The number of hydrogen-bond donors (Lipinski definition) is 1. The van der Waals surface area contributed by atoms with Crippen LogP contribution in [0.1, 0.15) is 36.0 Å². The molecular formula is C15H20ClNO. The predicted molar refractivity (Wildman–Crippen MR) is 74.9 cm³/mol. The first-order valence-corrected chi connectivity index (χ1v) is 7.24. The minimum absolute atomic E-state index is 0.0227. The van der Waals surface area contributed by atoms with Crippen molar-refractivity contribution in [1.29, 1.82) is 0 Å². The molecule has 0 aromatic heterocycles. The predicted octanol–water partition coefficient (Wildman–Crippen LogP) is 3.46. The fourth-order valence-electron chi connectivity index (χ4n) is 2.67. The van der Waals surface area contributed by atoms with Crippen molar-refractivity contribution in [2.75, 3.05) is 12.4 Å². The van der Waals surface area contributed by atoms with Gasteiger partial charge < -0.3 is 5.32 Å². The molecule has 0 aliphatic heterocycles. The van der Waals surface area contributed by atoms with Crippen molar-refractivity contribution < 1.29 is 4.79 Å². The SMILES string of the molecule is O=C(NCC1CCCCC1CCl)c1ccccc1. The maximum atomic E-state index is 11.9. The molecule has 0 radical (unpaired) electrons. The lowest BCUT2D eigenvalue weighted by molar-refractivity contribution is 0.0936. The van der Waals surface area contributed by atoms with E-state index in [1.54, 1.807) is 0 Å². The third-order valence-corrected chi connectivity index (χ3v) is 4.22. The van der Waals surface area contributed by atoms with Crippen LogP contribution in [0.5, 0.6) is 0 Å². The van der Waals surface area contributed by atoms with E-state index in [0.29, 0.717) is 17.7 Å². The first-order valence-electron chi connectivity index (χ1n) is 6.70. The van der Waals surface area contributed by atoms with Gasteiger partial charge in [0.2, 0.25) is 0 Å². The van der Waals surface area contributed by atoms with Crippen LogP contribution in [0.25, 0.3) is 0 Å². The van der Waals surface area contributed by atoms with Crippen molar-refractivity contribution >= 4 is 17.5 Å². The molecule has 2 rings (SSSR count). The summed E-state index contributed by atoms with van der Waals surface area (Å²) in [5, 5.41) is 3.04. The van der Waals surface area contributed by atoms with E-state index in [4.69, 9.17) is 11.6 Å². The number of halogens is 1. The largest absolute Gasteiger partial charge is 0.352 e. The summed E-state index contributed by atoms with van der Waals surface area (Å²) < 4.78 is 0. The van der Waals surface area contributed by atoms with Crippen molar-refractivity contribution in [3.63, 3.8) is 0 Å². The molecule has 0 spiro atoms. The zero-order valence-corrected chi connectivity index (χ0v) is 11.3. The van der Waals surface area contributed by atoms with E-state index in [9.17, 15) is 4.79 Å². The van der Waals surface area contributed by atoms with E-state index >= 15 is 0 Å². The minimum atomic E-state index is 0.0227. The molecule has 1 fully saturated rings. The van der Waals surface area contributed by atoms with Crippen molar-refractivity contribution in [3.8, 4) is 0 Å². The molecule has 98 valence electrons. The van der Waals surface area contributed by atoms with Crippen LogP contribution in [-0.2, 0) is 0 Å². The minimum Gasteiger partial charge on any atom is -0.352 e. The van der Waals surface area contributed by atoms with Crippen LogP contribution in [0.4, 0.5) is 0 Å². The molecule has 0 bridgehead atoms. The van der Waals surface area contributed by atoms with Gasteiger partial charge in [-0.3, -0.25) is 4.79 Å². The molecule has 2 nitrogen and oxygen atoms in total. The van der Waals surface area contributed by atoms with E-state index in [1.165, 1.54) is 25.7 Å². The average molecular weight is 266 g/mol. The number of alkyl halides is 1. The second kappa shape index (κ2) is 6.79. The number of amides is 1. The Kier molecular flexibility index (Phi) is 5.06. The summed E-state index contributed by atoms with van der Waals surface area (Å²) in [6.45, 7) is 0.755. The van der Waals surface area contributed by atoms with Crippen molar-refractivity contribution in [1.82, 2.24) is 5.32 Å². The van der Waals surface area contributed by atoms with Gasteiger partial charge in [-0.2, -0.15) is 0 Å². The van der Waals surface area contributed by atoms with Crippen LogP contribution in [-0.4, -0.2) is 18.3 Å². The normalized spacial score (nSPS) is 23.6. The van der Waals surface area contributed by atoms with E-state index in [2.05, 4.69) is 5.32 Å². The van der Waals surface area contributed by atoms with Gasteiger partial charge in [-0.15, -0.1) is 11.6 Å². The molecule has 3 heteroatoms. The molecule has 2 atom stereocenters. The van der Waals surface area contributed by atoms with Crippen LogP contribution in [0, 0.1) is 11.8 Å². The molecule has 1 aromatic rings. The number of carbonyl (C=O) groups excluding carboxylic acids is 1. The van der Waals surface area contributed by atoms with Crippen LogP contribution in [0.15, 0.2) is 30.3 Å². The number of nitrogens with one attached hydrogen (secondary N) is 1. The van der Waals surface area contributed by atoms with Gasteiger partial charge in [0, 0.05) is 18.0 Å². The molecule has 18 heavy (non-hydrogen) atoms. The molecule has 0 saturated heterocycles. The third-order valence-electron chi connectivity index (χ3n) is 3.83. The fourth-order valence-corrected chi connectivity index (χ4v) is 3.08. The summed E-state index contributed by atoms with van der Waals surface area (Å²) in [6, 6.07) is 9.38. The maximum Gasteiger partial charge on any atom is 0.251 e. The van der Waals surface area contributed by atoms with Crippen LogP contribution < -0.4 is 5.32 Å². The van der Waals surface area contributed by atoms with Crippen molar-refractivity contribution in [3.05, 3.63) is 35.9 Å². The van der Waals surface area contributed by atoms with E-state index in [0.717, 1.165) is 12.1 Å². The molecule has 1 aromatic carbocycles. The lowest BCUT2D eigenvalue weighted by Crippen LogP contribution is -2.34. The van der Waals surface area contributed by atoms with E-state index in [1.807, 2.05) is 30.3 Å². The Labute approximate surface area is 114 Å². The Hall–Kier alpha value is -1.02. The van der Waals surface area contributed by atoms with Crippen molar-refractivity contribution in [2.24, 2.45) is 11.8 Å². The summed E-state index contributed by atoms with van der Waals surface area (Å²) >= 11 is 5.99. The van der Waals surface area contributed by atoms with Gasteiger partial charge in [0.05, 0.1) is 0 Å². The molecule has 1 aliphatic carbocycles. The second-order valence-electron chi connectivity index (χ2n) is 5.03. The first-order chi connectivity index (χ1) is 8.81. The van der Waals surface area contributed by atoms with Crippen molar-refractivity contribution in [2.45, 2.75) is 25.7 Å². The Bertz CT molecular complexity index is 379. The number of rotatable bonds is 4. The van der Waals surface area contributed by atoms with Gasteiger partial charge in [-0.05, 0) is 36.8 Å². The van der Waals surface area contributed by atoms with Gasteiger partial charge in [0.1, 0.15) is 0 Å². The Morgan fingerprint density at radius 1 is 1.17 bits per heavy atom. The second-order valence-corrected chi connectivity index (χ2v) is 5.34. The topological polar surface area (TPSA) is 29.1 Å². The van der Waals surface area contributed by atoms with Gasteiger partial charge in [0.15, 0.2) is 0 Å². The molecular weight excluding hydrogens is 246 g/mol. The standard InChI is InChI=1S/C15H20ClNO/c16-10-13-8-4-5-9-14(13)11-17-15(18)12-6-2-1-3-7-12/h1-3,6-7,13-14H,4-5,8-11H2,(H,17,18). The smallest absolute Gasteiger partial charge is 0.251 e. The summed E-state index contributed by atoms with van der Waals surface area (Å²) in [5.41, 5.74) is 0.732. The fraction of sp³-hybridized carbons (Fsp3) is 0.533. The molecule has 0 heterocycles. The van der Waals surface area contributed by atoms with Crippen LogP contribution >= 0.6 is 11.6 Å². The average Bonchev–Trinajstić information content (AvgIpc) is 2.46. The molecule has 1 saturated carbocycles. The van der Waals surface area contributed by atoms with E-state index in [-0.39, 0.29) is 5.91 Å². The van der Waals surface area contributed by atoms with E-state index < -0.39 is 0 Å². The summed E-state index contributed by atoms with van der Waals surface area (Å²) in [4.78, 5) is 11.9. The summed E-state index contributed by atoms with van der Waals surface area (Å²) in [6.07, 6.45) is 4.93. The number of hydrogen-bond acceptors (Lipinski definition) is 1. The highest BCUT2D eigenvalue weighted by atomic mass is 35.5. The van der Waals surface area contributed by atoms with Gasteiger partial charge in [-0.25, -0.2) is 0 Å². The van der Waals surface area contributed by atoms with Crippen LogP contribution in [0.2, 0.25) is 0 Å². The molecule has 1 aliphatic rings. The quantitative estimate of drug-likeness (QED) is 0.830. The first kappa shape index (κ1) is 13.4. The molecule has 1 N–H and O–H groups in total. The summed E-state index contributed by atoms with van der Waals surface area (Å²) in [7, 11) is 0. The zero-order chi connectivity index (χ0) is 12.8. The third kappa shape index (κ3) is 3.49. The lowest BCUT2D eigenvalue weighted by Gasteiger charge is -2.30. The Morgan fingerprint density at radius 2 is 1.83 bits per heavy atom. The lowest BCUT2D eigenvalue weighted by atomic mass is 9.80. The highest BCUT2D eigenvalue weighted by Crippen LogP contribution is 2.30. The highest BCUT2D eigenvalue weighted by Gasteiger charge is 2.24. The zero-order valence-electron chi connectivity index (χ0n) is 10.6. The Balaban J connectivity index is 1.85. The number of carbonyl (C=O) groups is 1. The van der Waals surface area contributed by atoms with Gasteiger partial charge >= 0.3 is 0 Å². The monoisotopic (exact) mass is 265 g/mol. The molecule has 2 unspecified atom stereocenters. The number of benzene rings is 1. The molecule has 1 amide bonds. The van der Waals surface area contributed by atoms with Crippen LogP contribution in [0.3, 0.4) is 0 Å². The highest BCUT2D eigenvalue weighted by molar-refractivity contribution is 6.18.